The van der Waals surface area contributed by atoms with E-state index < -0.39 is 88.4 Å². The zero-order valence-electron chi connectivity index (χ0n) is 30.7. The van der Waals surface area contributed by atoms with Gasteiger partial charge in [0.05, 0.1) is 32.3 Å². The van der Waals surface area contributed by atoms with Gasteiger partial charge in [0, 0.05) is 67.3 Å². The van der Waals surface area contributed by atoms with Crippen molar-refractivity contribution >= 4 is 29.8 Å². The smallest absolute Gasteiger partial charge is 0.333 e. The van der Waals surface area contributed by atoms with Crippen LogP contribution in [0, 0.1) is 28.1 Å². The third-order valence-corrected chi connectivity index (χ3v) is 12.3. The molecule has 11 atom stereocenters. The zero-order valence-corrected chi connectivity index (χ0v) is 30.7. The molecule has 0 spiro atoms. The molecule has 1 aromatic rings. The number of carbonyl (C=O) groups excluding carboxylic acids is 5. The summed E-state index contributed by atoms with van der Waals surface area (Å²) in [5.41, 5.74) is -0.300. The van der Waals surface area contributed by atoms with Crippen molar-refractivity contribution in [2.75, 3.05) is 13.7 Å². The van der Waals surface area contributed by atoms with Gasteiger partial charge < -0.3 is 32.8 Å². The Labute approximate surface area is 293 Å². The summed E-state index contributed by atoms with van der Waals surface area (Å²) >= 11 is 0. The van der Waals surface area contributed by atoms with Crippen molar-refractivity contribution in [1.82, 2.24) is 0 Å². The number of ether oxygens (including phenoxy) is 6. The summed E-state index contributed by atoms with van der Waals surface area (Å²) in [5, 5.41) is 0. The molecule has 5 rings (SSSR count). The van der Waals surface area contributed by atoms with Crippen molar-refractivity contribution in [3.8, 4) is 0 Å². The molecule has 12 heteroatoms. The molecule has 2 heterocycles. The van der Waals surface area contributed by atoms with Gasteiger partial charge in [-0.3, -0.25) is 19.2 Å². The Hall–Kier alpha value is -3.93. The summed E-state index contributed by atoms with van der Waals surface area (Å²) in [6.07, 6.45) is 1.11. The molecule has 0 unspecified atom stereocenters. The summed E-state index contributed by atoms with van der Waals surface area (Å²) in [4.78, 5) is 65.5. The Balaban J connectivity index is 1.85. The molecule has 0 amide bonds. The van der Waals surface area contributed by atoms with E-state index in [9.17, 15) is 24.0 Å². The van der Waals surface area contributed by atoms with E-state index in [1.165, 1.54) is 27.9 Å². The van der Waals surface area contributed by atoms with Crippen LogP contribution in [0.15, 0.2) is 45.8 Å². The van der Waals surface area contributed by atoms with E-state index >= 15 is 0 Å². The topological polar surface area (TPSA) is 154 Å². The van der Waals surface area contributed by atoms with Crippen LogP contribution >= 0.6 is 0 Å². The number of carbonyl (C=O) groups is 5. The number of rotatable bonds is 9. The fourth-order valence-corrected chi connectivity index (χ4v) is 10.2. The van der Waals surface area contributed by atoms with E-state index in [1.54, 1.807) is 32.4 Å². The lowest BCUT2D eigenvalue weighted by Gasteiger charge is -2.66. The first kappa shape index (κ1) is 37.3. The van der Waals surface area contributed by atoms with Gasteiger partial charge >= 0.3 is 29.8 Å². The van der Waals surface area contributed by atoms with Crippen LogP contribution < -0.4 is 0 Å². The number of hydrogen-bond acceptors (Lipinski definition) is 12. The van der Waals surface area contributed by atoms with E-state index in [0.29, 0.717) is 17.6 Å². The van der Waals surface area contributed by atoms with Crippen molar-refractivity contribution in [2.45, 2.75) is 118 Å². The van der Waals surface area contributed by atoms with Crippen LogP contribution in [0.5, 0.6) is 0 Å². The third kappa shape index (κ3) is 5.96. The fraction of sp³-hybridized carbons (Fsp3) is 0.658. The van der Waals surface area contributed by atoms with Crippen LogP contribution in [0.1, 0.15) is 93.1 Å². The maximum Gasteiger partial charge on any atom is 0.333 e. The van der Waals surface area contributed by atoms with Crippen molar-refractivity contribution in [3.05, 3.63) is 47.0 Å². The maximum absolute atomic E-state index is 13.8. The highest BCUT2D eigenvalue weighted by Gasteiger charge is 2.77. The first-order valence-corrected chi connectivity index (χ1v) is 17.2. The van der Waals surface area contributed by atoms with Crippen molar-refractivity contribution in [2.24, 2.45) is 28.1 Å². The Morgan fingerprint density at radius 1 is 0.920 bits per heavy atom. The molecule has 0 N–H and O–H groups in total. The minimum absolute atomic E-state index is 0.142. The van der Waals surface area contributed by atoms with Gasteiger partial charge in [-0.25, -0.2) is 4.79 Å². The lowest BCUT2D eigenvalue weighted by molar-refractivity contribution is -0.260. The van der Waals surface area contributed by atoms with E-state index in [4.69, 9.17) is 32.8 Å². The number of furan rings is 1. The quantitative estimate of drug-likeness (QED) is 0.141. The van der Waals surface area contributed by atoms with E-state index in [1.807, 2.05) is 33.8 Å². The van der Waals surface area contributed by atoms with Gasteiger partial charge in [0.15, 0.2) is 0 Å². The standard InChI is InChI=1S/C38H50O12/c1-11-19(2)35(43)50-34-32-33-36(7,18-46-32)28(48-22(5)40)16-29(49-23(6)41)37(33,8)27(15-30(42)44-10)38(34,9)31-20(3)25(24-12-13-45-17-24)14-26(31)47-21(4)39/h11-13,17,25-29,32-34H,14-16,18H2,1-10H3/b19-11+/t25-,26+,27-,28-,29+,32-,33+,34-,36-,37+,38-/m1/s1. The highest BCUT2D eigenvalue weighted by atomic mass is 16.6. The monoisotopic (exact) mass is 698 g/mol. The predicted molar refractivity (Wildman–Crippen MR) is 177 cm³/mol. The zero-order chi connectivity index (χ0) is 36.9. The minimum atomic E-state index is -1.26. The molecule has 0 bridgehead atoms. The molecule has 3 aliphatic carbocycles. The Bertz CT molecular complexity index is 1590. The van der Waals surface area contributed by atoms with Crippen LogP contribution in [0.3, 0.4) is 0 Å². The normalized spacial score (nSPS) is 37.8. The van der Waals surface area contributed by atoms with Crippen LogP contribution in [0.25, 0.3) is 0 Å². The van der Waals surface area contributed by atoms with Crippen molar-refractivity contribution in [3.63, 3.8) is 0 Å². The van der Waals surface area contributed by atoms with Gasteiger partial charge in [0.25, 0.3) is 0 Å². The second-order valence-electron chi connectivity index (χ2n) is 15.0. The molecule has 1 aromatic heterocycles. The lowest BCUT2D eigenvalue weighted by atomic mass is 9.39. The van der Waals surface area contributed by atoms with Gasteiger partial charge in [0.2, 0.25) is 0 Å². The number of hydrogen-bond donors (Lipinski definition) is 0. The van der Waals surface area contributed by atoms with E-state index in [2.05, 4.69) is 0 Å². The molecule has 3 fully saturated rings. The summed E-state index contributed by atoms with van der Waals surface area (Å²) in [5.74, 6) is -4.12. The Kier molecular flexibility index (Phi) is 10.2. The molecular formula is C38H50O12. The predicted octanol–water partition coefficient (Wildman–Crippen LogP) is 5.39. The molecule has 50 heavy (non-hydrogen) atoms. The van der Waals surface area contributed by atoms with Crippen LogP contribution in [0.4, 0.5) is 0 Å². The highest BCUT2D eigenvalue weighted by molar-refractivity contribution is 5.88. The lowest BCUT2D eigenvalue weighted by Crippen LogP contribution is -2.72. The molecule has 12 nitrogen and oxygen atoms in total. The average Bonchev–Trinajstić information content (AvgIpc) is 3.77. The molecule has 1 aliphatic heterocycles. The number of allylic oxidation sites excluding steroid dienone is 2. The SMILES string of the molecule is C/C=C(\C)C(=O)O[C@@H]1[C@@H]2OC[C@]3(C)[C@H](OC(C)=O)C[C@H](OC(C)=O)[C@@](C)([C@@H]23)[C@@H](CC(=O)OC)[C@]1(C)C1=C(C)[C@H](c2ccoc2)C[C@@H]1OC(C)=O. The van der Waals surface area contributed by atoms with Crippen molar-refractivity contribution < 1.29 is 56.8 Å². The average molecular weight is 699 g/mol. The number of methoxy groups -OCH3 is 1. The Morgan fingerprint density at radius 2 is 1.56 bits per heavy atom. The highest BCUT2D eigenvalue weighted by Crippen LogP contribution is 2.72. The van der Waals surface area contributed by atoms with E-state index in [-0.39, 0.29) is 25.4 Å². The van der Waals surface area contributed by atoms with Gasteiger partial charge in [0.1, 0.15) is 24.4 Å². The van der Waals surface area contributed by atoms with E-state index in [0.717, 1.165) is 11.1 Å². The molecular weight excluding hydrogens is 648 g/mol. The first-order chi connectivity index (χ1) is 23.4. The molecule has 4 aliphatic rings. The summed E-state index contributed by atoms with van der Waals surface area (Å²) in [7, 11) is 1.31. The fourth-order valence-electron chi connectivity index (χ4n) is 10.2. The summed E-state index contributed by atoms with van der Waals surface area (Å²) in [6, 6.07) is 1.86. The van der Waals surface area contributed by atoms with Gasteiger partial charge in [-0.05, 0) is 50.3 Å². The van der Waals surface area contributed by atoms with Gasteiger partial charge in [-0.2, -0.15) is 0 Å². The van der Waals surface area contributed by atoms with Crippen LogP contribution in [-0.4, -0.2) is 74.1 Å². The molecule has 0 aromatic carbocycles. The second-order valence-corrected chi connectivity index (χ2v) is 15.0. The molecule has 2 saturated carbocycles. The second kappa shape index (κ2) is 13.7. The summed E-state index contributed by atoms with van der Waals surface area (Å²) < 4.78 is 42.2. The summed E-state index contributed by atoms with van der Waals surface area (Å²) in [6.45, 7) is 15.4. The molecule has 1 saturated heterocycles. The largest absolute Gasteiger partial charge is 0.472 e. The van der Waals surface area contributed by atoms with Crippen LogP contribution in [0.2, 0.25) is 0 Å². The molecule has 274 valence electrons. The Morgan fingerprint density at radius 3 is 2.12 bits per heavy atom. The van der Waals surface area contributed by atoms with Crippen molar-refractivity contribution in [1.29, 1.82) is 0 Å². The maximum atomic E-state index is 13.8. The third-order valence-electron chi connectivity index (χ3n) is 12.3. The van der Waals surface area contributed by atoms with Crippen LogP contribution in [-0.2, 0) is 52.4 Å². The first-order valence-electron chi connectivity index (χ1n) is 17.2. The van der Waals surface area contributed by atoms with Gasteiger partial charge in [-0.1, -0.05) is 32.4 Å². The minimum Gasteiger partial charge on any atom is -0.472 e. The molecule has 0 radical (unpaired) electrons. The van der Waals surface area contributed by atoms with Gasteiger partial charge in [-0.15, -0.1) is 0 Å². The number of esters is 5.